The Kier molecular flexibility index (Phi) is 5.69. The molecule has 11 heavy (non-hydrogen) atoms. The predicted molar refractivity (Wildman–Crippen MR) is 38.9 cm³/mol. The zero-order chi connectivity index (χ0) is 8.53. The Hall–Kier alpha value is -1.52. The third-order valence-electron chi connectivity index (χ3n) is 0.908. The third kappa shape index (κ3) is 4.95. The topological polar surface area (TPSA) is 82.8 Å². The van der Waals surface area contributed by atoms with Crippen LogP contribution in [-0.2, 0) is 4.74 Å². The zero-order valence-electron chi connectivity index (χ0n) is 6.08. The molecule has 0 spiro atoms. The standard InChI is InChI=1S/C7H9N3O/c8-2-1-3-11-6-7(4-9)5-10/h6H,1-3,8H2. The van der Waals surface area contributed by atoms with E-state index in [1.54, 1.807) is 12.1 Å². The molecular weight excluding hydrogens is 142 g/mol. The molecule has 4 heteroatoms. The van der Waals surface area contributed by atoms with Gasteiger partial charge in [-0.25, -0.2) is 0 Å². The molecule has 0 aliphatic heterocycles. The van der Waals surface area contributed by atoms with Gasteiger partial charge in [0.05, 0.1) is 6.61 Å². The first kappa shape index (κ1) is 9.48. The molecule has 0 bridgehead atoms. The van der Waals surface area contributed by atoms with Crippen LogP contribution in [0.1, 0.15) is 6.42 Å². The molecule has 0 radical (unpaired) electrons. The van der Waals surface area contributed by atoms with Crippen LogP contribution < -0.4 is 5.73 Å². The summed E-state index contributed by atoms with van der Waals surface area (Å²) in [7, 11) is 0. The third-order valence-corrected chi connectivity index (χ3v) is 0.908. The molecule has 0 aliphatic carbocycles. The van der Waals surface area contributed by atoms with Gasteiger partial charge in [-0.1, -0.05) is 0 Å². The molecule has 0 aromatic rings. The fourth-order valence-electron chi connectivity index (χ4n) is 0.387. The molecule has 0 fully saturated rings. The van der Waals surface area contributed by atoms with E-state index in [0.29, 0.717) is 13.2 Å². The molecule has 0 saturated heterocycles. The van der Waals surface area contributed by atoms with Crippen molar-refractivity contribution in [2.45, 2.75) is 6.42 Å². The molecular formula is C7H9N3O. The Balaban J connectivity index is 3.58. The van der Waals surface area contributed by atoms with E-state index in [9.17, 15) is 0 Å². The average molecular weight is 151 g/mol. The van der Waals surface area contributed by atoms with Crippen molar-refractivity contribution in [3.63, 3.8) is 0 Å². The summed E-state index contributed by atoms with van der Waals surface area (Å²) in [6.45, 7) is 0.992. The SMILES string of the molecule is N#CC(C#N)=COCCCN. The van der Waals surface area contributed by atoms with Gasteiger partial charge in [-0.2, -0.15) is 10.5 Å². The molecule has 0 amide bonds. The van der Waals surface area contributed by atoms with E-state index >= 15 is 0 Å². The van der Waals surface area contributed by atoms with Crippen LogP contribution in [-0.4, -0.2) is 13.2 Å². The van der Waals surface area contributed by atoms with E-state index < -0.39 is 0 Å². The monoisotopic (exact) mass is 151 g/mol. The van der Waals surface area contributed by atoms with E-state index in [0.717, 1.165) is 12.7 Å². The van der Waals surface area contributed by atoms with Crippen molar-refractivity contribution >= 4 is 0 Å². The van der Waals surface area contributed by atoms with Crippen LogP contribution in [0.3, 0.4) is 0 Å². The first-order valence-electron chi connectivity index (χ1n) is 3.17. The number of nitrogens with zero attached hydrogens (tertiary/aromatic N) is 2. The van der Waals surface area contributed by atoms with Crippen LogP contribution >= 0.6 is 0 Å². The van der Waals surface area contributed by atoms with Crippen LogP contribution in [0.4, 0.5) is 0 Å². The molecule has 0 aliphatic rings. The summed E-state index contributed by atoms with van der Waals surface area (Å²) in [4.78, 5) is 0. The molecule has 0 unspecified atom stereocenters. The predicted octanol–water partition coefficient (Wildman–Crippen LogP) is 0.283. The maximum absolute atomic E-state index is 8.24. The van der Waals surface area contributed by atoms with Gasteiger partial charge in [0.1, 0.15) is 18.4 Å². The van der Waals surface area contributed by atoms with Gasteiger partial charge in [-0.15, -0.1) is 0 Å². The van der Waals surface area contributed by atoms with Gasteiger partial charge in [-0.05, 0) is 13.0 Å². The van der Waals surface area contributed by atoms with Crippen LogP contribution in [0, 0.1) is 22.7 Å². The Labute approximate surface area is 65.5 Å². The lowest BCUT2D eigenvalue weighted by atomic mass is 10.4. The van der Waals surface area contributed by atoms with Crippen LogP contribution in [0.25, 0.3) is 0 Å². The van der Waals surface area contributed by atoms with Crippen molar-refractivity contribution in [2.24, 2.45) is 5.73 Å². The Bertz CT molecular complexity index is 193. The maximum atomic E-state index is 8.24. The second kappa shape index (κ2) is 6.60. The Morgan fingerprint density at radius 3 is 2.55 bits per heavy atom. The van der Waals surface area contributed by atoms with Crippen LogP contribution in [0.5, 0.6) is 0 Å². The molecule has 0 rings (SSSR count). The molecule has 0 atom stereocenters. The van der Waals surface area contributed by atoms with Crippen molar-refractivity contribution in [1.29, 1.82) is 10.5 Å². The second-order valence-electron chi connectivity index (χ2n) is 1.77. The van der Waals surface area contributed by atoms with Crippen molar-refractivity contribution < 1.29 is 4.74 Å². The first-order valence-corrected chi connectivity index (χ1v) is 3.17. The van der Waals surface area contributed by atoms with E-state index in [4.69, 9.17) is 21.0 Å². The fourth-order valence-corrected chi connectivity index (χ4v) is 0.387. The molecule has 0 heterocycles. The summed E-state index contributed by atoms with van der Waals surface area (Å²) in [6.07, 6.45) is 1.87. The number of hydrogen-bond donors (Lipinski definition) is 1. The molecule has 58 valence electrons. The minimum Gasteiger partial charge on any atom is -0.499 e. The number of hydrogen-bond acceptors (Lipinski definition) is 4. The average Bonchev–Trinajstić information content (AvgIpc) is 2.05. The van der Waals surface area contributed by atoms with E-state index in [2.05, 4.69) is 0 Å². The highest BCUT2D eigenvalue weighted by atomic mass is 16.5. The number of ether oxygens (including phenoxy) is 1. The molecule has 0 aromatic heterocycles. The van der Waals surface area contributed by atoms with Crippen molar-refractivity contribution in [3.8, 4) is 12.1 Å². The summed E-state index contributed by atoms with van der Waals surface area (Å²) in [5, 5.41) is 16.5. The van der Waals surface area contributed by atoms with Gasteiger partial charge in [0.15, 0.2) is 5.57 Å². The molecule has 2 N–H and O–H groups in total. The minimum absolute atomic E-state index is 0.0259. The van der Waals surface area contributed by atoms with Crippen molar-refractivity contribution in [2.75, 3.05) is 13.2 Å². The Morgan fingerprint density at radius 1 is 1.45 bits per heavy atom. The van der Waals surface area contributed by atoms with Crippen LogP contribution in [0.15, 0.2) is 11.8 Å². The van der Waals surface area contributed by atoms with Crippen LogP contribution in [0.2, 0.25) is 0 Å². The highest BCUT2D eigenvalue weighted by Gasteiger charge is 1.89. The molecule has 4 nitrogen and oxygen atoms in total. The zero-order valence-corrected chi connectivity index (χ0v) is 6.08. The molecule has 0 aromatic carbocycles. The normalized spacial score (nSPS) is 7.55. The Morgan fingerprint density at radius 2 is 2.09 bits per heavy atom. The van der Waals surface area contributed by atoms with Gasteiger partial charge in [0.25, 0.3) is 0 Å². The number of nitriles is 2. The largest absolute Gasteiger partial charge is 0.499 e. The minimum atomic E-state index is -0.0259. The second-order valence-corrected chi connectivity index (χ2v) is 1.77. The summed E-state index contributed by atoms with van der Waals surface area (Å²) in [5.41, 5.74) is 5.15. The quantitative estimate of drug-likeness (QED) is 0.355. The number of nitrogens with two attached hydrogens (primary N) is 1. The van der Waals surface area contributed by atoms with Gasteiger partial charge >= 0.3 is 0 Å². The highest BCUT2D eigenvalue weighted by Crippen LogP contribution is 1.90. The van der Waals surface area contributed by atoms with Gasteiger partial charge in [-0.3, -0.25) is 0 Å². The smallest absolute Gasteiger partial charge is 0.163 e. The van der Waals surface area contributed by atoms with E-state index in [1.807, 2.05) is 0 Å². The van der Waals surface area contributed by atoms with E-state index in [-0.39, 0.29) is 5.57 Å². The van der Waals surface area contributed by atoms with Crippen molar-refractivity contribution in [1.82, 2.24) is 0 Å². The number of rotatable bonds is 4. The highest BCUT2D eigenvalue weighted by molar-refractivity contribution is 5.33. The lowest BCUT2D eigenvalue weighted by Crippen LogP contribution is -2.02. The summed E-state index contributed by atoms with van der Waals surface area (Å²) in [5.74, 6) is 0. The summed E-state index contributed by atoms with van der Waals surface area (Å²) < 4.78 is 4.83. The van der Waals surface area contributed by atoms with E-state index in [1.165, 1.54) is 0 Å². The van der Waals surface area contributed by atoms with Gasteiger partial charge < -0.3 is 10.5 Å². The number of allylic oxidation sites excluding steroid dienone is 1. The summed E-state index contributed by atoms with van der Waals surface area (Å²) in [6, 6.07) is 3.34. The summed E-state index contributed by atoms with van der Waals surface area (Å²) >= 11 is 0. The lowest BCUT2D eigenvalue weighted by molar-refractivity contribution is 0.246. The lowest BCUT2D eigenvalue weighted by Gasteiger charge is -1.95. The maximum Gasteiger partial charge on any atom is 0.163 e. The fraction of sp³-hybridized carbons (Fsp3) is 0.429. The molecule has 0 saturated carbocycles. The van der Waals surface area contributed by atoms with Crippen molar-refractivity contribution in [3.05, 3.63) is 11.8 Å². The first-order chi connectivity index (χ1) is 5.35. The van der Waals surface area contributed by atoms with Gasteiger partial charge in [0.2, 0.25) is 0 Å². The van der Waals surface area contributed by atoms with Gasteiger partial charge in [0, 0.05) is 0 Å².